The standard InChI is InChI=1S/C19H19N3/c20-18(14-10-11-14)19-17(12-13-6-2-1-3-7-13)21-15-8-4-5-9-16(15)22-19/h1-9,14,18H,10-12,20H2. The highest BCUT2D eigenvalue weighted by Gasteiger charge is 2.32. The zero-order valence-electron chi connectivity index (χ0n) is 12.4. The van der Waals surface area contributed by atoms with Gasteiger partial charge in [0, 0.05) is 6.42 Å². The molecule has 1 aromatic heterocycles. The number of nitrogens with two attached hydrogens (primary N) is 1. The molecule has 0 amide bonds. The Morgan fingerprint density at radius 3 is 2.23 bits per heavy atom. The number of benzene rings is 2. The smallest absolute Gasteiger partial charge is 0.0891 e. The lowest BCUT2D eigenvalue weighted by Crippen LogP contribution is -2.18. The van der Waals surface area contributed by atoms with Gasteiger partial charge in [0.15, 0.2) is 0 Å². The zero-order valence-corrected chi connectivity index (χ0v) is 12.4. The summed E-state index contributed by atoms with van der Waals surface area (Å²) < 4.78 is 0. The fourth-order valence-corrected chi connectivity index (χ4v) is 2.92. The maximum atomic E-state index is 6.44. The summed E-state index contributed by atoms with van der Waals surface area (Å²) in [5.74, 6) is 0.574. The van der Waals surface area contributed by atoms with E-state index in [-0.39, 0.29) is 6.04 Å². The monoisotopic (exact) mass is 289 g/mol. The van der Waals surface area contributed by atoms with Crippen LogP contribution in [-0.4, -0.2) is 9.97 Å². The van der Waals surface area contributed by atoms with Gasteiger partial charge in [-0.15, -0.1) is 0 Å². The molecule has 0 spiro atoms. The van der Waals surface area contributed by atoms with E-state index in [1.807, 2.05) is 30.3 Å². The fraction of sp³-hybridized carbons (Fsp3) is 0.263. The Morgan fingerprint density at radius 1 is 0.909 bits per heavy atom. The van der Waals surface area contributed by atoms with Crippen LogP contribution in [0.4, 0.5) is 0 Å². The molecule has 1 aliphatic carbocycles. The fourth-order valence-electron chi connectivity index (χ4n) is 2.92. The van der Waals surface area contributed by atoms with Crippen molar-refractivity contribution in [3.63, 3.8) is 0 Å². The van der Waals surface area contributed by atoms with E-state index in [4.69, 9.17) is 15.7 Å². The summed E-state index contributed by atoms with van der Waals surface area (Å²) in [4.78, 5) is 9.70. The number of nitrogens with zero attached hydrogens (tertiary/aromatic N) is 2. The first kappa shape index (κ1) is 13.4. The Bertz CT molecular complexity index is 794. The average molecular weight is 289 g/mol. The second-order valence-corrected chi connectivity index (χ2v) is 6.07. The Labute approximate surface area is 130 Å². The first-order valence-electron chi connectivity index (χ1n) is 7.86. The first-order valence-corrected chi connectivity index (χ1v) is 7.86. The molecule has 2 aromatic carbocycles. The molecular weight excluding hydrogens is 270 g/mol. The number of aromatic nitrogens is 2. The van der Waals surface area contributed by atoms with Crippen molar-refractivity contribution in [2.24, 2.45) is 11.7 Å². The minimum absolute atomic E-state index is 0.0100. The van der Waals surface area contributed by atoms with Gasteiger partial charge in [-0.05, 0) is 36.5 Å². The van der Waals surface area contributed by atoms with Crippen LogP contribution in [0.5, 0.6) is 0 Å². The minimum atomic E-state index is 0.0100. The first-order chi connectivity index (χ1) is 10.8. The lowest BCUT2D eigenvalue weighted by molar-refractivity contribution is 0.606. The molecule has 0 radical (unpaired) electrons. The Hall–Kier alpha value is -2.26. The van der Waals surface area contributed by atoms with Gasteiger partial charge in [-0.25, -0.2) is 9.97 Å². The molecule has 110 valence electrons. The van der Waals surface area contributed by atoms with Crippen LogP contribution < -0.4 is 5.73 Å². The molecule has 0 aliphatic heterocycles. The molecule has 1 fully saturated rings. The van der Waals surface area contributed by atoms with Crippen LogP contribution in [0.3, 0.4) is 0 Å². The summed E-state index contributed by atoms with van der Waals surface area (Å²) in [5.41, 5.74) is 11.6. The lowest BCUT2D eigenvalue weighted by Gasteiger charge is -2.15. The van der Waals surface area contributed by atoms with Crippen molar-refractivity contribution < 1.29 is 0 Å². The van der Waals surface area contributed by atoms with E-state index in [0.717, 1.165) is 28.8 Å². The van der Waals surface area contributed by atoms with Crippen LogP contribution >= 0.6 is 0 Å². The predicted molar refractivity (Wildman–Crippen MR) is 88.4 cm³/mol. The maximum absolute atomic E-state index is 6.44. The highest BCUT2D eigenvalue weighted by Crippen LogP contribution is 2.40. The summed E-state index contributed by atoms with van der Waals surface area (Å²) in [7, 11) is 0. The molecule has 3 heteroatoms. The van der Waals surface area contributed by atoms with E-state index in [9.17, 15) is 0 Å². The third kappa shape index (κ3) is 2.60. The van der Waals surface area contributed by atoms with E-state index in [1.54, 1.807) is 0 Å². The van der Waals surface area contributed by atoms with Crippen LogP contribution in [0, 0.1) is 5.92 Å². The molecule has 1 heterocycles. The molecule has 2 N–H and O–H groups in total. The Balaban J connectivity index is 1.80. The summed E-state index contributed by atoms with van der Waals surface area (Å²) in [6.45, 7) is 0. The number of para-hydroxylation sites is 2. The number of hydrogen-bond donors (Lipinski definition) is 1. The molecule has 1 saturated carbocycles. The van der Waals surface area contributed by atoms with Crippen LogP contribution in [-0.2, 0) is 6.42 Å². The van der Waals surface area contributed by atoms with E-state index in [0.29, 0.717) is 5.92 Å². The van der Waals surface area contributed by atoms with E-state index in [1.165, 1.54) is 18.4 Å². The third-order valence-corrected chi connectivity index (χ3v) is 4.33. The topological polar surface area (TPSA) is 51.8 Å². The van der Waals surface area contributed by atoms with Gasteiger partial charge in [0.1, 0.15) is 0 Å². The molecule has 3 aromatic rings. The Kier molecular flexibility index (Phi) is 3.35. The SMILES string of the molecule is NC(c1nc2ccccc2nc1Cc1ccccc1)C1CC1. The van der Waals surface area contributed by atoms with Crippen molar-refractivity contribution in [1.29, 1.82) is 0 Å². The van der Waals surface area contributed by atoms with Gasteiger partial charge in [-0.3, -0.25) is 0 Å². The number of rotatable bonds is 4. The summed E-state index contributed by atoms with van der Waals surface area (Å²) >= 11 is 0. The lowest BCUT2D eigenvalue weighted by atomic mass is 10.0. The molecule has 1 unspecified atom stereocenters. The molecule has 0 bridgehead atoms. The van der Waals surface area contributed by atoms with Gasteiger partial charge in [-0.1, -0.05) is 42.5 Å². The van der Waals surface area contributed by atoms with Crippen LogP contribution in [0.2, 0.25) is 0 Å². The molecular formula is C19H19N3. The summed E-state index contributed by atoms with van der Waals surface area (Å²) in [5, 5.41) is 0. The van der Waals surface area contributed by atoms with Gasteiger partial charge in [-0.2, -0.15) is 0 Å². The quantitative estimate of drug-likeness (QED) is 0.798. The van der Waals surface area contributed by atoms with Crippen LogP contribution in [0.25, 0.3) is 11.0 Å². The molecule has 3 nitrogen and oxygen atoms in total. The minimum Gasteiger partial charge on any atom is -0.322 e. The van der Waals surface area contributed by atoms with E-state index >= 15 is 0 Å². The average Bonchev–Trinajstić information content (AvgIpc) is 3.39. The highest BCUT2D eigenvalue weighted by atomic mass is 14.9. The number of hydrogen-bond acceptors (Lipinski definition) is 3. The van der Waals surface area contributed by atoms with Crippen LogP contribution in [0.15, 0.2) is 54.6 Å². The molecule has 0 saturated heterocycles. The molecule has 1 aliphatic rings. The van der Waals surface area contributed by atoms with Crippen molar-refractivity contribution in [2.75, 3.05) is 0 Å². The Morgan fingerprint density at radius 2 is 1.55 bits per heavy atom. The second kappa shape index (κ2) is 5.50. The largest absolute Gasteiger partial charge is 0.322 e. The van der Waals surface area contributed by atoms with Crippen molar-refractivity contribution >= 4 is 11.0 Å². The van der Waals surface area contributed by atoms with Crippen LogP contribution in [0.1, 0.15) is 35.8 Å². The van der Waals surface area contributed by atoms with Gasteiger partial charge >= 0.3 is 0 Å². The summed E-state index contributed by atoms with van der Waals surface area (Å²) in [6.07, 6.45) is 3.20. The zero-order chi connectivity index (χ0) is 14.9. The van der Waals surface area contributed by atoms with Crippen molar-refractivity contribution in [2.45, 2.75) is 25.3 Å². The predicted octanol–water partition coefficient (Wildman–Crippen LogP) is 3.63. The van der Waals surface area contributed by atoms with Gasteiger partial charge in [0.2, 0.25) is 0 Å². The van der Waals surface area contributed by atoms with Crippen molar-refractivity contribution in [1.82, 2.24) is 9.97 Å². The van der Waals surface area contributed by atoms with E-state index < -0.39 is 0 Å². The van der Waals surface area contributed by atoms with Gasteiger partial charge in [0.25, 0.3) is 0 Å². The molecule has 1 atom stereocenters. The maximum Gasteiger partial charge on any atom is 0.0891 e. The van der Waals surface area contributed by atoms with E-state index in [2.05, 4.69) is 24.3 Å². The highest BCUT2D eigenvalue weighted by molar-refractivity contribution is 5.74. The second-order valence-electron chi connectivity index (χ2n) is 6.07. The number of fused-ring (bicyclic) bond motifs is 1. The van der Waals surface area contributed by atoms with Crippen molar-refractivity contribution in [3.8, 4) is 0 Å². The third-order valence-electron chi connectivity index (χ3n) is 4.33. The normalized spacial score (nSPS) is 15.9. The molecule has 4 rings (SSSR count). The summed E-state index contributed by atoms with van der Waals surface area (Å²) in [6, 6.07) is 18.5. The molecule has 22 heavy (non-hydrogen) atoms. The van der Waals surface area contributed by atoms with Crippen molar-refractivity contribution in [3.05, 3.63) is 71.5 Å². The van der Waals surface area contributed by atoms with Gasteiger partial charge in [0.05, 0.1) is 28.5 Å². The van der Waals surface area contributed by atoms with Gasteiger partial charge < -0.3 is 5.73 Å².